The molecule has 0 spiro atoms. The van der Waals surface area contributed by atoms with Gasteiger partial charge in [0.05, 0.1) is 11.6 Å². The second kappa shape index (κ2) is 7.05. The molecule has 1 aliphatic heterocycles. The Morgan fingerprint density at radius 2 is 1.92 bits per heavy atom. The van der Waals surface area contributed by atoms with E-state index >= 15 is 0 Å². The lowest BCUT2D eigenvalue weighted by Crippen LogP contribution is -2.43. The van der Waals surface area contributed by atoms with Crippen molar-refractivity contribution in [3.8, 4) is 22.9 Å². The molecule has 132 valence electrons. The summed E-state index contributed by atoms with van der Waals surface area (Å²) in [6.45, 7) is 0.218. The molecule has 0 unspecified atom stereocenters. The Kier molecular flexibility index (Phi) is 4.45. The molecule has 8 heteroatoms. The molecule has 4 rings (SSSR count). The SMILES string of the molecule is O=C(NCc1nc(-c2ccccc2Cl)no1)[C@H]1COc2ccccc2O1. The fraction of sp³-hybridized carbons (Fsp3) is 0.167. The summed E-state index contributed by atoms with van der Waals surface area (Å²) in [7, 11) is 0. The molecular formula is C18H14ClN3O4. The van der Waals surface area contributed by atoms with Crippen LogP contribution in [0.5, 0.6) is 11.5 Å². The van der Waals surface area contributed by atoms with E-state index in [0.29, 0.717) is 27.9 Å². The summed E-state index contributed by atoms with van der Waals surface area (Å²) in [5.41, 5.74) is 0.663. The summed E-state index contributed by atoms with van der Waals surface area (Å²) in [5, 5.41) is 7.12. The third-order valence-electron chi connectivity index (χ3n) is 3.80. The third kappa shape index (κ3) is 3.34. The predicted octanol–water partition coefficient (Wildman–Crippen LogP) is 2.85. The van der Waals surface area contributed by atoms with Gasteiger partial charge in [-0.3, -0.25) is 4.79 Å². The van der Waals surface area contributed by atoms with Crippen LogP contribution in [0.15, 0.2) is 53.1 Å². The van der Waals surface area contributed by atoms with Crippen LogP contribution in [-0.4, -0.2) is 28.8 Å². The zero-order valence-electron chi connectivity index (χ0n) is 13.5. The van der Waals surface area contributed by atoms with Crippen molar-refractivity contribution in [2.45, 2.75) is 12.6 Å². The Labute approximate surface area is 153 Å². The van der Waals surface area contributed by atoms with E-state index in [4.69, 9.17) is 25.6 Å². The number of carbonyl (C=O) groups excluding carboxylic acids is 1. The molecule has 1 aliphatic rings. The van der Waals surface area contributed by atoms with Crippen molar-refractivity contribution in [3.63, 3.8) is 0 Å². The highest BCUT2D eigenvalue weighted by atomic mass is 35.5. The summed E-state index contributed by atoms with van der Waals surface area (Å²) in [5.74, 6) is 1.48. The first-order valence-electron chi connectivity index (χ1n) is 7.94. The summed E-state index contributed by atoms with van der Waals surface area (Å²) in [4.78, 5) is 16.5. The second-order valence-corrected chi connectivity index (χ2v) is 5.98. The lowest BCUT2D eigenvalue weighted by molar-refractivity contribution is -0.130. The zero-order valence-corrected chi connectivity index (χ0v) is 14.3. The number of ether oxygens (including phenoxy) is 2. The van der Waals surface area contributed by atoms with Crippen LogP contribution in [0.3, 0.4) is 0 Å². The minimum absolute atomic E-state index is 0.0811. The largest absolute Gasteiger partial charge is 0.485 e. The fourth-order valence-corrected chi connectivity index (χ4v) is 2.72. The Hall–Kier alpha value is -3.06. The van der Waals surface area contributed by atoms with E-state index in [0.717, 1.165) is 0 Å². The van der Waals surface area contributed by atoms with Crippen LogP contribution in [0.4, 0.5) is 0 Å². The second-order valence-electron chi connectivity index (χ2n) is 5.57. The molecule has 1 N–H and O–H groups in total. The molecule has 7 nitrogen and oxygen atoms in total. The number of benzene rings is 2. The van der Waals surface area contributed by atoms with Gasteiger partial charge in [-0.2, -0.15) is 4.98 Å². The third-order valence-corrected chi connectivity index (χ3v) is 4.13. The first kappa shape index (κ1) is 16.4. The van der Waals surface area contributed by atoms with Crippen molar-refractivity contribution in [3.05, 3.63) is 59.4 Å². The van der Waals surface area contributed by atoms with Gasteiger partial charge in [0.15, 0.2) is 11.5 Å². The molecule has 3 aromatic rings. The number of rotatable bonds is 4. The molecule has 2 aromatic carbocycles. The van der Waals surface area contributed by atoms with Crippen molar-refractivity contribution in [1.29, 1.82) is 0 Å². The van der Waals surface area contributed by atoms with Crippen LogP contribution in [0.2, 0.25) is 5.02 Å². The van der Waals surface area contributed by atoms with E-state index in [2.05, 4.69) is 15.5 Å². The number of halogens is 1. The molecule has 0 aliphatic carbocycles. The average molecular weight is 372 g/mol. The van der Waals surface area contributed by atoms with Crippen LogP contribution in [-0.2, 0) is 11.3 Å². The van der Waals surface area contributed by atoms with Crippen molar-refractivity contribution in [2.24, 2.45) is 0 Å². The van der Waals surface area contributed by atoms with Crippen molar-refractivity contribution in [1.82, 2.24) is 15.5 Å². The van der Waals surface area contributed by atoms with E-state index in [1.165, 1.54) is 0 Å². The topological polar surface area (TPSA) is 86.5 Å². The summed E-state index contributed by atoms with van der Waals surface area (Å²) in [6.07, 6.45) is -0.740. The van der Waals surface area contributed by atoms with E-state index in [1.54, 1.807) is 24.3 Å². The number of carbonyl (C=O) groups is 1. The van der Waals surface area contributed by atoms with Crippen LogP contribution in [0, 0.1) is 0 Å². The molecule has 2 heterocycles. The van der Waals surface area contributed by atoms with Gasteiger partial charge in [-0.05, 0) is 24.3 Å². The highest BCUT2D eigenvalue weighted by molar-refractivity contribution is 6.33. The minimum Gasteiger partial charge on any atom is -0.485 e. The maximum absolute atomic E-state index is 12.3. The standard InChI is InChI=1S/C18H14ClN3O4/c19-12-6-2-1-5-11(12)17-21-16(26-22-17)9-20-18(23)15-10-24-13-7-3-4-8-14(13)25-15/h1-8,15H,9-10H2,(H,20,23)/t15-/m1/s1. The number of amides is 1. The smallest absolute Gasteiger partial charge is 0.265 e. The van der Waals surface area contributed by atoms with Gasteiger partial charge in [-0.1, -0.05) is 41.0 Å². The first-order valence-corrected chi connectivity index (χ1v) is 8.32. The maximum atomic E-state index is 12.3. The Morgan fingerprint density at radius 3 is 2.77 bits per heavy atom. The van der Waals surface area contributed by atoms with Crippen molar-refractivity contribution in [2.75, 3.05) is 6.61 Å². The Bertz CT molecular complexity index is 943. The van der Waals surface area contributed by atoms with E-state index in [1.807, 2.05) is 24.3 Å². The number of fused-ring (bicyclic) bond motifs is 1. The molecule has 0 saturated heterocycles. The van der Waals surface area contributed by atoms with Crippen molar-refractivity contribution < 1.29 is 18.8 Å². The molecule has 0 saturated carbocycles. The summed E-state index contributed by atoms with van der Waals surface area (Å²) in [6, 6.07) is 14.4. The number of nitrogens with zero attached hydrogens (tertiary/aromatic N) is 2. The number of aromatic nitrogens is 2. The van der Waals surface area contributed by atoms with Crippen LogP contribution in [0.25, 0.3) is 11.4 Å². The monoisotopic (exact) mass is 371 g/mol. The first-order chi connectivity index (χ1) is 12.7. The summed E-state index contributed by atoms with van der Waals surface area (Å²) < 4.78 is 16.3. The predicted molar refractivity (Wildman–Crippen MR) is 92.9 cm³/mol. The maximum Gasteiger partial charge on any atom is 0.265 e. The molecule has 0 radical (unpaired) electrons. The number of nitrogens with one attached hydrogen (secondary N) is 1. The molecule has 0 fully saturated rings. The number of para-hydroxylation sites is 2. The van der Waals surface area contributed by atoms with Crippen LogP contribution < -0.4 is 14.8 Å². The van der Waals surface area contributed by atoms with Crippen LogP contribution >= 0.6 is 11.6 Å². The van der Waals surface area contributed by atoms with Crippen LogP contribution in [0.1, 0.15) is 5.89 Å². The van der Waals surface area contributed by atoms with Gasteiger partial charge in [-0.25, -0.2) is 0 Å². The van der Waals surface area contributed by atoms with Gasteiger partial charge < -0.3 is 19.3 Å². The number of hydrogen-bond acceptors (Lipinski definition) is 6. The minimum atomic E-state index is -0.740. The van der Waals surface area contributed by atoms with Gasteiger partial charge in [0.1, 0.15) is 6.61 Å². The molecule has 26 heavy (non-hydrogen) atoms. The lowest BCUT2D eigenvalue weighted by atomic mass is 10.2. The molecule has 1 atom stereocenters. The zero-order chi connectivity index (χ0) is 17.9. The molecule has 0 bridgehead atoms. The fourth-order valence-electron chi connectivity index (χ4n) is 2.50. The van der Waals surface area contributed by atoms with Crippen molar-refractivity contribution >= 4 is 17.5 Å². The van der Waals surface area contributed by atoms with Gasteiger partial charge in [0, 0.05) is 5.56 Å². The van der Waals surface area contributed by atoms with Gasteiger partial charge in [0.2, 0.25) is 17.8 Å². The van der Waals surface area contributed by atoms with E-state index in [-0.39, 0.29) is 24.9 Å². The Morgan fingerprint density at radius 1 is 1.15 bits per heavy atom. The highest BCUT2D eigenvalue weighted by Crippen LogP contribution is 2.31. The van der Waals surface area contributed by atoms with Gasteiger partial charge in [-0.15, -0.1) is 0 Å². The van der Waals surface area contributed by atoms with E-state index in [9.17, 15) is 4.79 Å². The average Bonchev–Trinajstić information content (AvgIpc) is 3.15. The normalized spacial score (nSPS) is 15.5. The lowest BCUT2D eigenvalue weighted by Gasteiger charge is -2.25. The highest BCUT2D eigenvalue weighted by Gasteiger charge is 2.27. The number of hydrogen-bond donors (Lipinski definition) is 1. The molecule has 1 aromatic heterocycles. The summed E-state index contributed by atoms with van der Waals surface area (Å²) >= 11 is 6.12. The molecular weight excluding hydrogens is 358 g/mol. The molecule has 1 amide bonds. The Balaban J connectivity index is 1.38. The van der Waals surface area contributed by atoms with Gasteiger partial charge in [0.25, 0.3) is 5.91 Å². The van der Waals surface area contributed by atoms with E-state index < -0.39 is 6.10 Å². The quantitative estimate of drug-likeness (QED) is 0.759. The van der Waals surface area contributed by atoms with Gasteiger partial charge >= 0.3 is 0 Å².